The number of nitrogens with zero attached hydrogens (tertiary/aromatic N) is 8. The monoisotopic (exact) mass is 552 g/mol. The fourth-order valence-corrected chi connectivity index (χ4v) is 6.37. The minimum Gasteiger partial charge on any atom is -0.462 e. The van der Waals surface area contributed by atoms with Gasteiger partial charge in [-0.1, -0.05) is 18.7 Å². The van der Waals surface area contributed by atoms with Crippen molar-refractivity contribution in [2.24, 2.45) is 0 Å². The molecule has 0 unspecified atom stereocenters. The number of ether oxygens (including phenoxy) is 1. The molecule has 212 valence electrons. The Morgan fingerprint density at radius 3 is 2.88 bits per heavy atom. The van der Waals surface area contributed by atoms with E-state index in [2.05, 4.69) is 56.4 Å². The maximum absolute atomic E-state index is 12.5. The first-order valence-corrected chi connectivity index (χ1v) is 14.4. The molecule has 0 bridgehead atoms. The minimum atomic E-state index is -0.225. The fourth-order valence-electron chi connectivity index (χ4n) is 6.37. The molecule has 0 N–H and O–H groups in total. The van der Waals surface area contributed by atoms with E-state index < -0.39 is 0 Å². The highest BCUT2D eigenvalue weighted by Crippen LogP contribution is 2.34. The second kappa shape index (κ2) is 11.7. The van der Waals surface area contributed by atoms with Crippen molar-refractivity contribution in [2.75, 3.05) is 62.7 Å². The van der Waals surface area contributed by atoms with Crippen molar-refractivity contribution < 1.29 is 9.53 Å². The Kier molecular flexibility index (Phi) is 7.70. The summed E-state index contributed by atoms with van der Waals surface area (Å²) in [6.45, 7) is 16.1. The van der Waals surface area contributed by atoms with Crippen LogP contribution in [-0.2, 0) is 17.8 Å². The number of fused-ring (bicyclic) bond motifs is 2. The Morgan fingerprint density at radius 1 is 1.17 bits per heavy atom. The molecule has 2 aromatic heterocycles. The van der Waals surface area contributed by atoms with Crippen LogP contribution in [0.15, 0.2) is 49.3 Å². The van der Waals surface area contributed by atoms with Gasteiger partial charge in [-0.2, -0.15) is 9.97 Å². The minimum absolute atomic E-state index is 0.132. The van der Waals surface area contributed by atoms with Gasteiger partial charge >= 0.3 is 6.01 Å². The molecule has 41 heavy (non-hydrogen) atoms. The average Bonchev–Trinajstić information content (AvgIpc) is 3.43. The van der Waals surface area contributed by atoms with Crippen LogP contribution in [-0.4, -0.2) is 95.7 Å². The Labute approximate surface area is 241 Å². The third-order valence-corrected chi connectivity index (χ3v) is 8.64. The van der Waals surface area contributed by atoms with Gasteiger partial charge in [-0.3, -0.25) is 9.78 Å². The van der Waals surface area contributed by atoms with Crippen molar-refractivity contribution in [3.05, 3.63) is 72.0 Å². The molecule has 3 aliphatic heterocycles. The second-order valence-electron chi connectivity index (χ2n) is 11.1. The van der Waals surface area contributed by atoms with E-state index in [4.69, 9.17) is 21.3 Å². The molecule has 1 aromatic carbocycles. The van der Waals surface area contributed by atoms with E-state index in [0.29, 0.717) is 44.8 Å². The Balaban J connectivity index is 1.33. The van der Waals surface area contributed by atoms with Crippen LogP contribution in [0, 0.1) is 6.57 Å². The van der Waals surface area contributed by atoms with E-state index in [-0.39, 0.29) is 18.5 Å². The topological polar surface area (TPSA) is 82.3 Å². The average molecular weight is 553 g/mol. The third-order valence-electron chi connectivity index (χ3n) is 8.64. The van der Waals surface area contributed by atoms with Crippen molar-refractivity contribution in [2.45, 2.75) is 37.9 Å². The molecular weight excluding hydrogens is 516 g/mol. The molecule has 1 amide bonds. The van der Waals surface area contributed by atoms with Crippen molar-refractivity contribution in [1.82, 2.24) is 24.8 Å². The Hall–Kier alpha value is -4.23. The van der Waals surface area contributed by atoms with Gasteiger partial charge < -0.3 is 29.2 Å². The lowest BCUT2D eigenvalue weighted by molar-refractivity contribution is -0.128. The van der Waals surface area contributed by atoms with Gasteiger partial charge in [-0.05, 0) is 56.4 Å². The Bertz CT molecular complexity index is 1480. The first kappa shape index (κ1) is 27.0. The standard InChI is InChI=1S/C31H36N8O2/c1-4-29(40)39-16-15-38(19-24(39)17-32-2)30-25-11-14-37(28-9-5-7-22-10-12-33-18-26(22)28)20-27(25)34-31(35-30)41-21-23-8-6-13-36(23)3/h4-5,7,9-10,12,18,23-24H,1,6,8,11,13-17,19-21H2,3H3/t23-,24-/m0/s1. The lowest BCUT2D eigenvalue weighted by atomic mass is 10.0. The summed E-state index contributed by atoms with van der Waals surface area (Å²) in [7, 11) is 2.14. The van der Waals surface area contributed by atoms with Crippen LogP contribution >= 0.6 is 0 Å². The van der Waals surface area contributed by atoms with Gasteiger partial charge in [0.05, 0.1) is 12.2 Å². The Morgan fingerprint density at radius 2 is 2.07 bits per heavy atom. The summed E-state index contributed by atoms with van der Waals surface area (Å²) >= 11 is 0. The number of likely N-dealkylation sites (tertiary alicyclic amines) is 1. The number of pyridine rings is 1. The van der Waals surface area contributed by atoms with Crippen molar-refractivity contribution in [1.29, 1.82) is 0 Å². The van der Waals surface area contributed by atoms with Crippen LogP contribution in [0.2, 0.25) is 0 Å². The van der Waals surface area contributed by atoms with Crippen LogP contribution in [0.3, 0.4) is 0 Å². The number of carbonyl (C=O) groups excluding carboxylic acids is 1. The predicted molar refractivity (Wildman–Crippen MR) is 159 cm³/mol. The summed E-state index contributed by atoms with van der Waals surface area (Å²) in [6.07, 6.45) is 8.15. The molecule has 2 atom stereocenters. The first-order chi connectivity index (χ1) is 20.1. The van der Waals surface area contributed by atoms with Crippen molar-refractivity contribution in [3.63, 3.8) is 0 Å². The van der Waals surface area contributed by atoms with Gasteiger partial charge in [0, 0.05) is 61.3 Å². The molecule has 2 fully saturated rings. The van der Waals surface area contributed by atoms with Crippen LogP contribution in [0.5, 0.6) is 6.01 Å². The smallest absolute Gasteiger partial charge is 0.318 e. The lowest BCUT2D eigenvalue weighted by Gasteiger charge is -2.41. The van der Waals surface area contributed by atoms with E-state index >= 15 is 0 Å². The first-order valence-electron chi connectivity index (χ1n) is 14.4. The number of hydrogen-bond donors (Lipinski definition) is 0. The van der Waals surface area contributed by atoms with Gasteiger partial charge in [-0.15, -0.1) is 0 Å². The zero-order chi connectivity index (χ0) is 28.3. The van der Waals surface area contributed by atoms with E-state index in [9.17, 15) is 4.79 Å². The van der Waals surface area contributed by atoms with Gasteiger partial charge in [0.1, 0.15) is 18.5 Å². The third kappa shape index (κ3) is 5.42. The number of aromatic nitrogens is 3. The summed E-state index contributed by atoms with van der Waals surface area (Å²) in [5, 5.41) is 2.28. The van der Waals surface area contributed by atoms with Crippen LogP contribution in [0.1, 0.15) is 24.1 Å². The highest BCUT2D eigenvalue weighted by atomic mass is 16.5. The summed E-state index contributed by atoms with van der Waals surface area (Å²) in [4.78, 5) is 39.1. The molecule has 6 rings (SSSR count). The van der Waals surface area contributed by atoms with Crippen LogP contribution in [0.4, 0.5) is 11.5 Å². The highest BCUT2D eigenvalue weighted by molar-refractivity contribution is 5.93. The van der Waals surface area contributed by atoms with Gasteiger partial charge in [-0.25, -0.2) is 6.57 Å². The second-order valence-corrected chi connectivity index (χ2v) is 11.1. The quantitative estimate of drug-likeness (QED) is 0.327. The van der Waals surface area contributed by atoms with Gasteiger partial charge in [0.25, 0.3) is 0 Å². The largest absolute Gasteiger partial charge is 0.462 e. The number of carbonyl (C=O) groups is 1. The maximum Gasteiger partial charge on any atom is 0.318 e. The molecule has 0 saturated carbocycles. The number of benzene rings is 1. The number of rotatable bonds is 7. The molecular formula is C31H36N8O2. The van der Waals surface area contributed by atoms with Gasteiger partial charge in [0.2, 0.25) is 12.5 Å². The number of amides is 1. The molecule has 10 nitrogen and oxygen atoms in total. The van der Waals surface area contributed by atoms with Crippen molar-refractivity contribution in [3.8, 4) is 6.01 Å². The lowest BCUT2D eigenvalue weighted by Crippen LogP contribution is -2.56. The summed E-state index contributed by atoms with van der Waals surface area (Å²) < 4.78 is 6.27. The van der Waals surface area contributed by atoms with E-state index in [0.717, 1.165) is 59.5 Å². The number of hydrogen-bond acceptors (Lipinski definition) is 8. The fraction of sp³-hybridized carbons (Fsp3) is 0.452. The van der Waals surface area contributed by atoms with E-state index in [1.807, 2.05) is 18.5 Å². The summed E-state index contributed by atoms with van der Waals surface area (Å²) in [6, 6.07) is 8.92. The maximum atomic E-state index is 12.5. The molecule has 0 aliphatic carbocycles. The van der Waals surface area contributed by atoms with Crippen LogP contribution < -0.4 is 14.5 Å². The molecule has 5 heterocycles. The molecule has 0 spiro atoms. The van der Waals surface area contributed by atoms with E-state index in [1.165, 1.54) is 12.5 Å². The summed E-state index contributed by atoms with van der Waals surface area (Å²) in [5.74, 6) is 0.734. The zero-order valence-corrected chi connectivity index (χ0v) is 23.6. The molecule has 3 aromatic rings. The zero-order valence-electron chi connectivity index (χ0n) is 23.6. The number of piperazine rings is 1. The number of anilines is 2. The van der Waals surface area contributed by atoms with E-state index in [1.54, 1.807) is 4.90 Å². The molecule has 10 heteroatoms. The van der Waals surface area contributed by atoms with Crippen LogP contribution in [0.25, 0.3) is 15.6 Å². The highest BCUT2D eigenvalue weighted by Gasteiger charge is 2.35. The molecule has 2 saturated heterocycles. The molecule has 0 radical (unpaired) electrons. The molecule has 3 aliphatic rings. The summed E-state index contributed by atoms with van der Waals surface area (Å²) in [5.41, 5.74) is 3.23. The predicted octanol–water partition coefficient (Wildman–Crippen LogP) is 3.18. The SMILES string of the molecule is [C-]#[N+]C[C@H]1CN(c2nc(OC[C@@H]3CCCN3C)nc3c2CCN(c2cccc4ccncc24)C3)CCN1C(=O)C=C. The van der Waals surface area contributed by atoms with Gasteiger partial charge in [0.15, 0.2) is 0 Å². The van der Waals surface area contributed by atoms with Crippen molar-refractivity contribution >= 4 is 28.2 Å². The number of likely N-dealkylation sites (N-methyl/N-ethyl adjacent to an activating group) is 1. The normalized spacial score (nSPS) is 21.0.